The summed E-state index contributed by atoms with van der Waals surface area (Å²) >= 11 is 1.54. The molecule has 104 valence electrons. The number of nitrogens with zero attached hydrogens (tertiary/aromatic N) is 1. The molecule has 1 aliphatic carbocycles. The Bertz CT molecular complexity index is 468. The topological polar surface area (TPSA) is 65.2 Å². The van der Waals surface area contributed by atoms with Gasteiger partial charge in [0.15, 0.2) is 5.78 Å². The average Bonchev–Trinajstić information content (AvgIpc) is 2.85. The van der Waals surface area contributed by atoms with Crippen molar-refractivity contribution in [2.24, 2.45) is 11.7 Å². The maximum Gasteiger partial charge on any atom is 0.185 e. The summed E-state index contributed by atoms with van der Waals surface area (Å²) in [5.41, 5.74) is 6.17. The van der Waals surface area contributed by atoms with Gasteiger partial charge < -0.3 is 10.5 Å². The third-order valence-electron chi connectivity index (χ3n) is 4.29. The molecule has 1 atom stereocenters. The molecule has 5 heteroatoms. The molecular formula is C14H20N2O2S. The molecule has 0 radical (unpaired) electrons. The van der Waals surface area contributed by atoms with E-state index in [1.54, 1.807) is 11.3 Å². The maximum absolute atomic E-state index is 12.5. The number of carbonyl (C=O) groups excluding carboxylic acids is 1. The van der Waals surface area contributed by atoms with Gasteiger partial charge in [-0.25, -0.2) is 4.98 Å². The second-order valence-electron chi connectivity index (χ2n) is 5.60. The number of Topliss-reactive ketones (excluding diaryl/α,β-unsaturated/α-hetero) is 1. The van der Waals surface area contributed by atoms with Crippen molar-refractivity contribution in [3.63, 3.8) is 0 Å². The number of ketones is 1. The van der Waals surface area contributed by atoms with Gasteiger partial charge in [0.05, 0.1) is 10.6 Å². The summed E-state index contributed by atoms with van der Waals surface area (Å²) in [4.78, 5) is 16.9. The van der Waals surface area contributed by atoms with E-state index >= 15 is 0 Å². The molecule has 0 bridgehead atoms. The molecule has 3 rings (SSSR count). The summed E-state index contributed by atoms with van der Waals surface area (Å²) < 4.78 is 5.87. The molecule has 19 heavy (non-hydrogen) atoms. The molecular weight excluding hydrogens is 260 g/mol. The number of nitrogens with two attached hydrogens (primary N) is 1. The van der Waals surface area contributed by atoms with Crippen LogP contribution in [0.5, 0.6) is 0 Å². The van der Waals surface area contributed by atoms with Gasteiger partial charge in [0.25, 0.3) is 0 Å². The van der Waals surface area contributed by atoms with E-state index in [2.05, 4.69) is 4.98 Å². The first-order valence-corrected chi connectivity index (χ1v) is 7.93. The van der Waals surface area contributed by atoms with Crippen LogP contribution in [0.4, 0.5) is 0 Å². The highest BCUT2D eigenvalue weighted by Gasteiger charge is 2.44. The Hall–Kier alpha value is -0.780. The number of ether oxygens (including phenoxy) is 1. The molecule has 2 N–H and O–H groups in total. The van der Waals surface area contributed by atoms with Crippen LogP contribution in [0.25, 0.3) is 0 Å². The monoisotopic (exact) mass is 280 g/mol. The molecule has 2 aliphatic rings. The summed E-state index contributed by atoms with van der Waals surface area (Å²) in [7, 11) is 0. The van der Waals surface area contributed by atoms with Crippen molar-refractivity contribution < 1.29 is 9.53 Å². The van der Waals surface area contributed by atoms with E-state index in [0.29, 0.717) is 12.2 Å². The summed E-state index contributed by atoms with van der Waals surface area (Å²) in [6.45, 7) is 1.30. The zero-order valence-corrected chi connectivity index (χ0v) is 11.9. The minimum absolute atomic E-state index is 0.0225. The molecule has 1 aromatic rings. The second-order valence-corrected chi connectivity index (χ2v) is 6.55. The van der Waals surface area contributed by atoms with Crippen molar-refractivity contribution in [3.05, 3.63) is 16.1 Å². The summed E-state index contributed by atoms with van der Waals surface area (Å²) in [6, 6.07) is 0. The second kappa shape index (κ2) is 5.31. The van der Waals surface area contributed by atoms with Crippen LogP contribution >= 0.6 is 11.3 Å². The van der Waals surface area contributed by atoms with Crippen LogP contribution < -0.4 is 5.73 Å². The number of hydrogen-bond acceptors (Lipinski definition) is 5. The highest BCUT2D eigenvalue weighted by Crippen LogP contribution is 2.44. The van der Waals surface area contributed by atoms with Gasteiger partial charge in [-0.2, -0.15) is 0 Å². The maximum atomic E-state index is 12.5. The molecule has 1 spiro atoms. The van der Waals surface area contributed by atoms with Gasteiger partial charge in [-0.15, -0.1) is 11.3 Å². The van der Waals surface area contributed by atoms with Crippen LogP contribution in [0, 0.1) is 5.92 Å². The molecule has 2 fully saturated rings. The Morgan fingerprint density at radius 1 is 1.58 bits per heavy atom. The predicted molar refractivity (Wildman–Crippen MR) is 74.5 cm³/mol. The quantitative estimate of drug-likeness (QED) is 0.859. The Balaban J connectivity index is 1.68. The summed E-state index contributed by atoms with van der Waals surface area (Å²) in [6.07, 6.45) is 5.95. The van der Waals surface area contributed by atoms with E-state index in [-0.39, 0.29) is 17.3 Å². The first-order valence-electron chi connectivity index (χ1n) is 7.05. The molecule has 1 saturated heterocycles. The molecule has 1 aliphatic heterocycles. The Kier molecular flexibility index (Phi) is 3.69. The van der Waals surface area contributed by atoms with Crippen molar-refractivity contribution in [1.29, 1.82) is 0 Å². The molecule has 0 aromatic carbocycles. The fourth-order valence-corrected chi connectivity index (χ4v) is 3.85. The average molecular weight is 280 g/mol. The van der Waals surface area contributed by atoms with Crippen LogP contribution in [-0.4, -0.2) is 29.5 Å². The lowest BCUT2D eigenvalue weighted by Crippen LogP contribution is -2.47. The van der Waals surface area contributed by atoms with Crippen LogP contribution in [0.1, 0.15) is 47.6 Å². The number of thiazole rings is 1. The number of aromatic nitrogens is 1. The van der Waals surface area contributed by atoms with Crippen molar-refractivity contribution >= 4 is 17.1 Å². The van der Waals surface area contributed by atoms with Gasteiger partial charge in [0, 0.05) is 24.3 Å². The fourth-order valence-electron chi connectivity index (χ4n) is 3.04. The smallest absolute Gasteiger partial charge is 0.185 e. The normalized spacial score (nSPS) is 25.2. The molecule has 1 unspecified atom stereocenters. The summed E-state index contributed by atoms with van der Waals surface area (Å²) in [5.74, 6) is 0.302. The first-order chi connectivity index (χ1) is 9.22. The Morgan fingerprint density at radius 2 is 2.42 bits per heavy atom. The van der Waals surface area contributed by atoms with Gasteiger partial charge >= 0.3 is 0 Å². The minimum Gasteiger partial charge on any atom is -0.375 e. The SMILES string of the molecule is NCCc1nc(C(=O)C2CCOC3(CCC3)C2)cs1. The highest BCUT2D eigenvalue weighted by molar-refractivity contribution is 7.09. The van der Waals surface area contributed by atoms with E-state index < -0.39 is 0 Å². The molecule has 1 saturated carbocycles. The third kappa shape index (κ3) is 2.59. The van der Waals surface area contributed by atoms with Crippen LogP contribution in [0.2, 0.25) is 0 Å². The van der Waals surface area contributed by atoms with Crippen molar-refractivity contribution in [3.8, 4) is 0 Å². The number of hydrogen-bond donors (Lipinski definition) is 1. The standard InChI is InChI=1S/C14H20N2O2S/c15-6-2-12-16-11(9-19-12)13(17)10-3-7-18-14(8-10)4-1-5-14/h9-10H,1-8,15H2. The summed E-state index contributed by atoms with van der Waals surface area (Å²) in [5, 5.41) is 2.85. The van der Waals surface area contributed by atoms with Gasteiger partial charge in [-0.1, -0.05) is 0 Å². The number of rotatable bonds is 4. The van der Waals surface area contributed by atoms with Gasteiger partial charge in [-0.3, -0.25) is 4.79 Å². The van der Waals surface area contributed by atoms with Gasteiger partial charge in [-0.05, 0) is 38.6 Å². The van der Waals surface area contributed by atoms with Crippen LogP contribution in [0.15, 0.2) is 5.38 Å². The lowest BCUT2D eigenvalue weighted by molar-refractivity contribution is -0.137. The largest absolute Gasteiger partial charge is 0.375 e. The highest BCUT2D eigenvalue weighted by atomic mass is 32.1. The lowest BCUT2D eigenvalue weighted by Gasteiger charge is -2.46. The van der Waals surface area contributed by atoms with E-state index in [1.165, 1.54) is 6.42 Å². The minimum atomic E-state index is 0.0225. The zero-order chi connectivity index (χ0) is 13.3. The predicted octanol–water partition coefficient (Wildman–Crippen LogP) is 2.18. The van der Waals surface area contributed by atoms with Crippen LogP contribution in [0.3, 0.4) is 0 Å². The van der Waals surface area contributed by atoms with E-state index in [4.69, 9.17) is 10.5 Å². The molecule has 4 nitrogen and oxygen atoms in total. The van der Waals surface area contributed by atoms with Crippen molar-refractivity contribution in [1.82, 2.24) is 4.98 Å². The van der Waals surface area contributed by atoms with Crippen molar-refractivity contribution in [2.45, 2.75) is 44.1 Å². The van der Waals surface area contributed by atoms with E-state index in [9.17, 15) is 4.79 Å². The number of carbonyl (C=O) groups is 1. The van der Waals surface area contributed by atoms with Gasteiger partial charge in [0.2, 0.25) is 0 Å². The first kappa shape index (κ1) is 13.2. The molecule has 0 amide bonds. The molecule has 2 heterocycles. The van der Waals surface area contributed by atoms with Crippen molar-refractivity contribution in [2.75, 3.05) is 13.2 Å². The Labute approximate surface area is 117 Å². The van der Waals surface area contributed by atoms with Gasteiger partial charge in [0.1, 0.15) is 5.69 Å². The lowest BCUT2D eigenvalue weighted by atomic mass is 9.71. The third-order valence-corrected chi connectivity index (χ3v) is 5.20. The molecule has 1 aromatic heterocycles. The zero-order valence-electron chi connectivity index (χ0n) is 11.1. The van der Waals surface area contributed by atoms with E-state index in [0.717, 1.165) is 43.7 Å². The fraction of sp³-hybridized carbons (Fsp3) is 0.714. The Morgan fingerprint density at radius 3 is 3.11 bits per heavy atom. The van der Waals surface area contributed by atoms with E-state index in [1.807, 2.05) is 5.38 Å². The van der Waals surface area contributed by atoms with Crippen LogP contribution in [-0.2, 0) is 11.2 Å².